The third-order valence-electron chi connectivity index (χ3n) is 1.68. The average molecular weight is 210 g/mol. The van der Waals surface area contributed by atoms with Gasteiger partial charge in [-0.3, -0.25) is 4.79 Å². The van der Waals surface area contributed by atoms with E-state index in [9.17, 15) is 4.79 Å². The van der Waals surface area contributed by atoms with Crippen molar-refractivity contribution in [2.24, 2.45) is 0 Å². The van der Waals surface area contributed by atoms with Crippen molar-refractivity contribution in [1.29, 1.82) is 0 Å². The van der Waals surface area contributed by atoms with Gasteiger partial charge in [-0.05, 0) is 5.56 Å². The summed E-state index contributed by atoms with van der Waals surface area (Å²) in [4.78, 5) is 11.3. The van der Waals surface area contributed by atoms with E-state index in [0.717, 1.165) is 5.56 Å². The molecule has 0 saturated carbocycles. The van der Waals surface area contributed by atoms with Crippen molar-refractivity contribution in [3.05, 3.63) is 47.5 Å². The predicted octanol–water partition coefficient (Wildman–Crippen LogP) is 2.10. The molecule has 0 aromatic heterocycles. The summed E-state index contributed by atoms with van der Waals surface area (Å²) in [6, 6.07) is 9.55. The number of carbonyl (C=O) groups is 1. The fraction of sp³-hybridized carbons (Fsp3) is 0.182. The number of carbonyl (C=O) groups excluding carboxylic acids is 1. The highest BCUT2D eigenvalue weighted by molar-refractivity contribution is 6.29. The van der Waals surface area contributed by atoms with Crippen molar-refractivity contribution in [3.63, 3.8) is 0 Å². The molecular weight excluding hydrogens is 198 g/mol. The number of nitrogens with one attached hydrogen (secondary N) is 1. The van der Waals surface area contributed by atoms with E-state index in [1.165, 1.54) is 0 Å². The number of amides is 1. The first kappa shape index (κ1) is 10.8. The van der Waals surface area contributed by atoms with Crippen molar-refractivity contribution >= 4 is 17.5 Å². The molecule has 0 atom stereocenters. The maximum absolute atomic E-state index is 11.3. The molecule has 3 heteroatoms. The van der Waals surface area contributed by atoms with Gasteiger partial charge in [0.2, 0.25) is 5.91 Å². The summed E-state index contributed by atoms with van der Waals surface area (Å²) < 4.78 is 0. The zero-order valence-electron chi connectivity index (χ0n) is 7.79. The smallest absolute Gasteiger partial charge is 0.224 e. The van der Waals surface area contributed by atoms with Gasteiger partial charge in [-0.1, -0.05) is 48.5 Å². The summed E-state index contributed by atoms with van der Waals surface area (Å²) >= 11 is 5.52. The van der Waals surface area contributed by atoms with Gasteiger partial charge in [0.05, 0.1) is 13.0 Å². The van der Waals surface area contributed by atoms with E-state index in [-0.39, 0.29) is 5.91 Å². The van der Waals surface area contributed by atoms with Crippen LogP contribution in [0.1, 0.15) is 5.56 Å². The van der Waals surface area contributed by atoms with Crippen molar-refractivity contribution in [1.82, 2.24) is 5.32 Å². The fourth-order valence-electron chi connectivity index (χ4n) is 1.04. The topological polar surface area (TPSA) is 29.1 Å². The van der Waals surface area contributed by atoms with Crippen LogP contribution in [0.15, 0.2) is 41.9 Å². The maximum Gasteiger partial charge on any atom is 0.224 e. The largest absolute Gasteiger partial charge is 0.351 e. The Labute approximate surface area is 88.6 Å². The molecule has 0 heterocycles. The number of rotatable bonds is 4. The molecule has 1 aromatic rings. The first-order chi connectivity index (χ1) is 6.68. The van der Waals surface area contributed by atoms with Crippen molar-refractivity contribution in [2.75, 3.05) is 6.54 Å². The molecule has 0 aliphatic heterocycles. The second kappa shape index (κ2) is 5.45. The van der Waals surface area contributed by atoms with Crippen LogP contribution in [-0.2, 0) is 11.2 Å². The molecule has 0 aliphatic carbocycles. The van der Waals surface area contributed by atoms with Gasteiger partial charge in [0.1, 0.15) is 0 Å². The van der Waals surface area contributed by atoms with Gasteiger partial charge in [-0.15, -0.1) is 0 Å². The van der Waals surface area contributed by atoms with Crippen LogP contribution in [0, 0.1) is 0 Å². The zero-order valence-corrected chi connectivity index (χ0v) is 8.55. The Morgan fingerprint density at radius 3 is 2.57 bits per heavy atom. The Hall–Kier alpha value is -1.28. The minimum absolute atomic E-state index is 0.0435. The second-order valence-corrected chi connectivity index (χ2v) is 3.49. The number of hydrogen-bond acceptors (Lipinski definition) is 1. The Kier molecular flexibility index (Phi) is 4.20. The Bertz CT molecular complexity index is 321. The van der Waals surface area contributed by atoms with Gasteiger partial charge >= 0.3 is 0 Å². The number of halogens is 1. The van der Waals surface area contributed by atoms with E-state index in [2.05, 4.69) is 11.9 Å². The molecule has 14 heavy (non-hydrogen) atoms. The minimum Gasteiger partial charge on any atom is -0.351 e. The first-order valence-electron chi connectivity index (χ1n) is 4.32. The van der Waals surface area contributed by atoms with Crippen LogP contribution in [0.25, 0.3) is 0 Å². The third kappa shape index (κ3) is 4.10. The molecule has 0 spiro atoms. The standard InChI is InChI=1S/C11H12ClNO/c1-9(12)8-13-11(14)7-10-5-3-2-4-6-10/h2-6H,1,7-8H2,(H,13,14). The van der Waals surface area contributed by atoms with E-state index in [4.69, 9.17) is 11.6 Å². The summed E-state index contributed by atoms with van der Waals surface area (Å²) in [5.74, 6) is -0.0435. The SMILES string of the molecule is C=C(Cl)CNC(=O)Cc1ccccc1. The molecule has 1 rings (SSSR count). The zero-order chi connectivity index (χ0) is 10.4. The van der Waals surface area contributed by atoms with Crippen LogP contribution in [0.3, 0.4) is 0 Å². The molecular formula is C11H12ClNO. The fourth-order valence-corrected chi connectivity index (χ4v) is 1.11. The van der Waals surface area contributed by atoms with Gasteiger partial charge in [0, 0.05) is 5.03 Å². The normalized spacial score (nSPS) is 9.50. The molecule has 0 fully saturated rings. The molecule has 1 N–H and O–H groups in total. The molecule has 0 aliphatic rings. The van der Waals surface area contributed by atoms with E-state index in [1.54, 1.807) is 0 Å². The second-order valence-electron chi connectivity index (χ2n) is 2.96. The molecule has 0 radical (unpaired) electrons. The molecule has 2 nitrogen and oxygen atoms in total. The van der Waals surface area contributed by atoms with E-state index in [1.807, 2.05) is 30.3 Å². The monoisotopic (exact) mass is 209 g/mol. The summed E-state index contributed by atoms with van der Waals surface area (Å²) in [6.07, 6.45) is 0.380. The summed E-state index contributed by atoms with van der Waals surface area (Å²) in [6.45, 7) is 3.81. The average Bonchev–Trinajstić information content (AvgIpc) is 2.16. The summed E-state index contributed by atoms with van der Waals surface area (Å²) in [5, 5.41) is 3.10. The highest BCUT2D eigenvalue weighted by Gasteiger charge is 2.01. The molecule has 74 valence electrons. The molecule has 0 saturated heterocycles. The molecule has 0 bridgehead atoms. The van der Waals surface area contributed by atoms with Gasteiger partial charge in [-0.25, -0.2) is 0 Å². The number of benzene rings is 1. The van der Waals surface area contributed by atoms with E-state index < -0.39 is 0 Å². The van der Waals surface area contributed by atoms with Crippen molar-refractivity contribution in [3.8, 4) is 0 Å². The Morgan fingerprint density at radius 2 is 2.00 bits per heavy atom. The van der Waals surface area contributed by atoms with Crippen LogP contribution in [0.5, 0.6) is 0 Å². The lowest BCUT2D eigenvalue weighted by molar-refractivity contribution is -0.120. The lowest BCUT2D eigenvalue weighted by Crippen LogP contribution is -2.26. The highest BCUT2D eigenvalue weighted by Crippen LogP contribution is 1.99. The number of hydrogen-bond donors (Lipinski definition) is 1. The molecule has 1 aromatic carbocycles. The van der Waals surface area contributed by atoms with E-state index >= 15 is 0 Å². The van der Waals surface area contributed by atoms with Crippen LogP contribution < -0.4 is 5.32 Å². The highest BCUT2D eigenvalue weighted by atomic mass is 35.5. The van der Waals surface area contributed by atoms with Crippen LogP contribution in [0.4, 0.5) is 0 Å². The van der Waals surface area contributed by atoms with Gasteiger partial charge in [0.15, 0.2) is 0 Å². The predicted molar refractivity (Wildman–Crippen MR) is 58.1 cm³/mol. The lowest BCUT2D eigenvalue weighted by Gasteiger charge is -2.03. The van der Waals surface area contributed by atoms with E-state index in [0.29, 0.717) is 18.0 Å². The third-order valence-corrected chi connectivity index (χ3v) is 1.82. The first-order valence-corrected chi connectivity index (χ1v) is 4.70. The van der Waals surface area contributed by atoms with Gasteiger partial charge in [0.25, 0.3) is 0 Å². The quantitative estimate of drug-likeness (QED) is 0.809. The summed E-state index contributed by atoms with van der Waals surface area (Å²) in [7, 11) is 0. The van der Waals surface area contributed by atoms with Gasteiger partial charge in [-0.2, -0.15) is 0 Å². The Morgan fingerprint density at radius 1 is 1.36 bits per heavy atom. The molecule has 1 amide bonds. The van der Waals surface area contributed by atoms with Crippen LogP contribution in [0.2, 0.25) is 0 Å². The van der Waals surface area contributed by atoms with Gasteiger partial charge < -0.3 is 5.32 Å². The van der Waals surface area contributed by atoms with Crippen molar-refractivity contribution < 1.29 is 4.79 Å². The lowest BCUT2D eigenvalue weighted by atomic mass is 10.1. The van der Waals surface area contributed by atoms with Crippen LogP contribution >= 0.6 is 11.6 Å². The summed E-state index contributed by atoms with van der Waals surface area (Å²) in [5.41, 5.74) is 0.991. The Balaban J connectivity index is 2.38. The maximum atomic E-state index is 11.3. The molecule has 0 unspecified atom stereocenters. The minimum atomic E-state index is -0.0435. The van der Waals surface area contributed by atoms with Crippen molar-refractivity contribution in [2.45, 2.75) is 6.42 Å². The van der Waals surface area contributed by atoms with Crippen LogP contribution in [-0.4, -0.2) is 12.5 Å².